The first-order valence-electron chi connectivity index (χ1n) is 8.18. The maximum absolute atomic E-state index is 12.4. The van der Waals surface area contributed by atoms with Crippen LogP contribution >= 0.6 is 0 Å². The van der Waals surface area contributed by atoms with Gasteiger partial charge in [0, 0.05) is 24.6 Å². The summed E-state index contributed by atoms with van der Waals surface area (Å²) in [5.41, 5.74) is 4.53. The summed E-state index contributed by atoms with van der Waals surface area (Å²) in [5.74, 6) is -0.136. The first-order valence-corrected chi connectivity index (χ1v) is 8.18. The van der Waals surface area contributed by atoms with Crippen molar-refractivity contribution in [2.75, 3.05) is 17.2 Å². The van der Waals surface area contributed by atoms with E-state index in [-0.39, 0.29) is 5.91 Å². The van der Waals surface area contributed by atoms with Gasteiger partial charge in [0.2, 0.25) is 0 Å². The monoisotopic (exact) mass is 311 g/mol. The standard InChI is InChI=1S/C19H25N3O/c1-4-5-6-10-21-17-11-16(12-20-13-17)19(23)22-18-9-7-8-14(2)15(18)3/h7-9,11-13,21H,4-6,10H2,1-3H3,(H,22,23). The minimum atomic E-state index is -0.136. The van der Waals surface area contributed by atoms with Crippen LogP contribution in [0.1, 0.15) is 47.7 Å². The lowest BCUT2D eigenvalue weighted by Crippen LogP contribution is -2.14. The SMILES string of the molecule is CCCCCNc1cncc(C(=O)Nc2cccc(C)c2C)c1. The molecule has 0 fully saturated rings. The number of nitrogens with one attached hydrogen (secondary N) is 2. The topological polar surface area (TPSA) is 54.0 Å². The number of hydrogen-bond acceptors (Lipinski definition) is 3. The molecule has 4 heteroatoms. The fraction of sp³-hybridized carbons (Fsp3) is 0.368. The van der Waals surface area contributed by atoms with E-state index in [1.165, 1.54) is 12.8 Å². The van der Waals surface area contributed by atoms with Gasteiger partial charge in [-0.25, -0.2) is 0 Å². The van der Waals surface area contributed by atoms with Crippen LogP contribution in [0.2, 0.25) is 0 Å². The third-order valence-corrected chi connectivity index (χ3v) is 3.96. The Balaban J connectivity index is 2.03. The third kappa shape index (κ3) is 4.81. The molecule has 0 aliphatic heterocycles. The second-order valence-corrected chi connectivity index (χ2v) is 5.80. The van der Waals surface area contributed by atoms with Crippen LogP contribution < -0.4 is 10.6 Å². The van der Waals surface area contributed by atoms with Crippen molar-refractivity contribution >= 4 is 17.3 Å². The molecule has 23 heavy (non-hydrogen) atoms. The zero-order chi connectivity index (χ0) is 16.7. The van der Waals surface area contributed by atoms with Crippen molar-refractivity contribution in [1.82, 2.24) is 4.98 Å². The molecular weight excluding hydrogens is 286 g/mol. The normalized spacial score (nSPS) is 10.4. The zero-order valence-electron chi connectivity index (χ0n) is 14.1. The number of carbonyl (C=O) groups excluding carboxylic acids is 1. The van der Waals surface area contributed by atoms with Crippen LogP contribution in [0.4, 0.5) is 11.4 Å². The predicted octanol–water partition coefficient (Wildman–Crippen LogP) is 4.55. The quantitative estimate of drug-likeness (QED) is 0.737. The van der Waals surface area contributed by atoms with Crippen molar-refractivity contribution in [3.8, 4) is 0 Å². The largest absolute Gasteiger partial charge is 0.384 e. The van der Waals surface area contributed by atoms with Gasteiger partial charge in [-0.2, -0.15) is 0 Å². The highest BCUT2D eigenvalue weighted by Crippen LogP contribution is 2.19. The third-order valence-electron chi connectivity index (χ3n) is 3.96. The van der Waals surface area contributed by atoms with E-state index in [0.717, 1.165) is 35.5 Å². The second kappa shape index (κ2) is 8.32. The van der Waals surface area contributed by atoms with Gasteiger partial charge in [0.1, 0.15) is 0 Å². The number of unbranched alkanes of at least 4 members (excludes halogenated alkanes) is 2. The van der Waals surface area contributed by atoms with Gasteiger partial charge in [0.05, 0.1) is 11.3 Å². The first kappa shape index (κ1) is 17.0. The minimum Gasteiger partial charge on any atom is -0.384 e. The first-order chi connectivity index (χ1) is 11.1. The molecule has 0 atom stereocenters. The summed E-state index contributed by atoms with van der Waals surface area (Å²) in [4.78, 5) is 16.6. The lowest BCUT2D eigenvalue weighted by atomic mass is 10.1. The highest BCUT2D eigenvalue weighted by Gasteiger charge is 2.09. The Bertz CT molecular complexity index is 667. The number of aromatic nitrogens is 1. The molecule has 0 spiro atoms. The van der Waals surface area contributed by atoms with Crippen LogP contribution in [-0.4, -0.2) is 17.4 Å². The molecule has 2 rings (SSSR count). The molecule has 0 unspecified atom stereocenters. The Morgan fingerprint density at radius 2 is 2.00 bits per heavy atom. The van der Waals surface area contributed by atoms with Crippen molar-refractivity contribution in [1.29, 1.82) is 0 Å². The van der Waals surface area contributed by atoms with E-state index >= 15 is 0 Å². The van der Waals surface area contributed by atoms with E-state index in [0.29, 0.717) is 5.56 Å². The maximum atomic E-state index is 12.4. The summed E-state index contributed by atoms with van der Waals surface area (Å²) in [6.07, 6.45) is 6.86. The molecule has 1 amide bonds. The van der Waals surface area contributed by atoms with Crippen LogP contribution in [0.25, 0.3) is 0 Å². The van der Waals surface area contributed by atoms with Gasteiger partial charge in [0.15, 0.2) is 0 Å². The van der Waals surface area contributed by atoms with Crippen molar-refractivity contribution in [2.45, 2.75) is 40.0 Å². The summed E-state index contributed by atoms with van der Waals surface area (Å²) in [6.45, 7) is 7.12. The summed E-state index contributed by atoms with van der Waals surface area (Å²) >= 11 is 0. The van der Waals surface area contributed by atoms with Crippen LogP contribution in [0, 0.1) is 13.8 Å². The van der Waals surface area contributed by atoms with Crippen LogP contribution in [0.5, 0.6) is 0 Å². The van der Waals surface area contributed by atoms with E-state index in [1.54, 1.807) is 12.4 Å². The molecule has 0 saturated carbocycles. The van der Waals surface area contributed by atoms with Crippen molar-refractivity contribution < 1.29 is 4.79 Å². The number of carbonyl (C=O) groups is 1. The zero-order valence-corrected chi connectivity index (χ0v) is 14.1. The molecule has 4 nitrogen and oxygen atoms in total. The van der Waals surface area contributed by atoms with E-state index in [1.807, 2.05) is 38.1 Å². The maximum Gasteiger partial charge on any atom is 0.257 e. The molecule has 1 aromatic heterocycles. The molecule has 2 aromatic rings. The van der Waals surface area contributed by atoms with Gasteiger partial charge >= 0.3 is 0 Å². The van der Waals surface area contributed by atoms with Crippen LogP contribution in [0.15, 0.2) is 36.7 Å². The number of nitrogens with zero attached hydrogens (tertiary/aromatic N) is 1. The summed E-state index contributed by atoms with van der Waals surface area (Å²) in [7, 11) is 0. The minimum absolute atomic E-state index is 0.136. The van der Waals surface area contributed by atoms with Crippen molar-refractivity contribution in [3.05, 3.63) is 53.3 Å². The number of hydrogen-bond donors (Lipinski definition) is 2. The highest BCUT2D eigenvalue weighted by molar-refractivity contribution is 6.05. The second-order valence-electron chi connectivity index (χ2n) is 5.80. The molecular formula is C19H25N3O. The van der Waals surface area contributed by atoms with Crippen LogP contribution in [-0.2, 0) is 0 Å². The molecule has 1 heterocycles. The highest BCUT2D eigenvalue weighted by atomic mass is 16.1. The molecule has 122 valence electrons. The molecule has 0 radical (unpaired) electrons. The Hall–Kier alpha value is -2.36. The Morgan fingerprint density at radius 1 is 1.17 bits per heavy atom. The van der Waals surface area contributed by atoms with E-state index in [9.17, 15) is 4.79 Å². The Morgan fingerprint density at radius 3 is 2.78 bits per heavy atom. The number of benzene rings is 1. The number of anilines is 2. The summed E-state index contributed by atoms with van der Waals surface area (Å²) in [5, 5.41) is 6.28. The molecule has 0 aliphatic carbocycles. The summed E-state index contributed by atoms with van der Waals surface area (Å²) in [6, 6.07) is 7.75. The molecule has 2 N–H and O–H groups in total. The Labute approximate surface area is 138 Å². The van der Waals surface area contributed by atoms with Crippen LogP contribution in [0.3, 0.4) is 0 Å². The van der Waals surface area contributed by atoms with Crippen molar-refractivity contribution in [3.63, 3.8) is 0 Å². The van der Waals surface area contributed by atoms with Gasteiger partial charge in [-0.1, -0.05) is 31.9 Å². The van der Waals surface area contributed by atoms with E-state index < -0.39 is 0 Å². The fourth-order valence-corrected chi connectivity index (χ4v) is 2.35. The van der Waals surface area contributed by atoms with Crippen molar-refractivity contribution in [2.24, 2.45) is 0 Å². The molecule has 0 aliphatic rings. The van der Waals surface area contributed by atoms with Gasteiger partial charge in [-0.3, -0.25) is 9.78 Å². The van der Waals surface area contributed by atoms with E-state index in [4.69, 9.17) is 0 Å². The average Bonchev–Trinajstić information content (AvgIpc) is 2.56. The van der Waals surface area contributed by atoms with Gasteiger partial charge in [-0.05, 0) is 43.5 Å². The average molecular weight is 311 g/mol. The van der Waals surface area contributed by atoms with Gasteiger partial charge in [-0.15, -0.1) is 0 Å². The number of amides is 1. The molecule has 0 bridgehead atoms. The smallest absolute Gasteiger partial charge is 0.257 e. The lowest BCUT2D eigenvalue weighted by Gasteiger charge is -2.11. The fourth-order valence-electron chi connectivity index (χ4n) is 2.35. The number of rotatable bonds is 7. The number of pyridine rings is 1. The summed E-state index contributed by atoms with van der Waals surface area (Å²) < 4.78 is 0. The number of aryl methyl sites for hydroxylation is 1. The Kier molecular flexibility index (Phi) is 6.15. The lowest BCUT2D eigenvalue weighted by molar-refractivity contribution is 0.102. The predicted molar refractivity (Wildman–Crippen MR) is 96.1 cm³/mol. The van der Waals surface area contributed by atoms with Gasteiger partial charge in [0.25, 0.3) is 5.91 Å². The van der Waals surface area contributed by atoms with E-state index in [2.05, 4.69) is 22.5 Å². The molecule has 0 saturated heterocycles. The van der Waals surface area contributed by atoms with Gasteiger partial charge < -0.3 is 10.6 Å². The molecule has 1 aromatic carbocycles.